The van der Waals surface area contributed by atoms with E-state index in [0.29, 0.717) is 17.5 Å². The zero-order valence-corrected chi connectivity index (χ0v) is 13.2. The predicted molar refractivity (Wildman–Crippen MR) is 85.5 cm³/mol. The highest BCUT2D eigenvalue weighted by atomic mass is 19.3. The first kappa shape index (κ1) is 16.9. The highest BCUT2D eigenvalue weighted by Crippen LogP contribution is 2.36. The van der Waals surface area contributed by atoms with Gasteiger partial charge in [-0.3, -0.25) is 4.79 Å². The fourth-order valence-electron chi connectivity index (χ4n) is 2.67. The molecule has 0 spiro atoms. The molecule has 0 N–H and O–H groups in total. The summed E-state index contributed by atoms with van der Waals surface area (Å²) >= 11 is 0. The minimum atomic E-state index is -2.81. The average molecular weight is 306 g/mol. The molecule has 1 saturated carbocycles. The van der Waals surface area contributed by atoms with E-state index < -0.39 is 11.8 Å². The van der Waals surface area contributed by atoms with E-state index in [2.05, 4.69) is 6.58 Å². The van der Waals surface area contributed by atoms with Gasteiger partial charge in [0.2, 0.25) is 0 Å². The van der Waals surface area contributed by atoms with Crippen molar-refractivity contribution in [3.63, 3.8) is 0 Å². The topological polar surface area (TPSA) is 17.1 Å². The molecule has 120 valence electrons. The summed E-state index contributed by atoms with van der Waals surface area (Å²) in [4.78, 5) is 12.1. The van der Waals surface area contributed by atoms with Gasteiger partial charge >= 0.3 is 0 Å². The number of ketones is 1. The van der Waals surface area contributed by atoms with Crippen molar-refractivity contribution >= 4 is 5.78 Å². The highest BCUT2D eigenvalue weighted by Gasteiger charge is 2.35. The number of carbonyl (C=O) groups excluding carboxylic acids is 1. The second kappa shape index (κ2) is 7.17. The van der Waals surface area contributed by atoms with Crippen molar-refractivity contribution in [1.29, 1.82) is 0 Å². The van der Waals surface area contributed by atoms with Gasteiger partial charge in [0.1, 0.15) is 0 Å². The lowest BCUT2D eigenvalue weighted by atomic mass is 9.91. The molecule has 1 aromatic rings. The maximum Gasteiger partial charge on any atom is 0.257 e. The molecule has 0 aromatic heterocycles. The van der Waals surface area contributed by atoms with Crippen LogP contribution in [-0.2, 0) is 0 Å². The van der Waals surface area contributed by atoms with Gasteiger partial charge in [-0.2, -0.15) is 0 Å². The van der Waals surface area contributed by atoms with Crippen LogP contribution in [0.3, 0.4) is 0 Å². The Morgan fingerprint density at radius 1 is 1.36 bits per heavy atom. The number of hydrogen-bond acceptors (Lipinski definition) is 1. The zero-order valence-electron chi connectivity index (χ0n) is 13.2. The molecule has 2 rings (SSSR count). The average Bonchev–Trinajstić information content (AvgIpc) is 3.30. The van der Waals surface area contributed by atoms with Crippen LogP contribution in [0.5, 0.6) is 0 Å². The lowest BCUT2D eigenvalue weighted by molar-refractivity contribution is -0.0191. The molecule has 1 atom stereocenters. The van der Waals surface area contributed by atoms with E-state index in [1.54, 1.807) is 24.3 Å². The van der Waals surface area contributed by atoms with Crippen LogP contribution < -0.4 is 0 Å². The first-order valence-corrected chi connectivity index (χ1v) is 8.06. The van der Waals surface area contributed by atoms with Crippen molar-refractivity contribution in [2.24, 2.45) is 5.92 Å². The Bertz CT molecular complexity index is 515. The van der Waals surface area contributed by atoms with Crippen LogP contribution in [0.1, 0.15) is 67.3 Å². The van der Waals surface area contributed by atoms with Gasteiger partial charge in [-0.1, -0.05) is 56.5 Å². The Morgan fingerprint density at radius 3 is 2.55 bits per heavy atom. The summed E-state index contributed by atoms with van der Waals surface area (Å²) in [6.45, 7) is 4.89. The second-order valence-corrected chi connectivity index (χ2v) is 6.36. The molecule has 0 radical (unpaired) electrons. The van der Waals surface area contributed by atoms with E-state index in [9.17, 15) is 13.6 Å². The monoisotopic (exact) mass is 306 g/mol. The smallest absolute Gasteiger partial charge is 0.257 e. The summed E-state index contributed by atoms with van der Waals surface area (Å²) in [6.07, 6.45) is 6.13. The predicted octanol–water partition coefficient (Wildman–Crippen LogP) is 5.76. The summed E-state index contributed by atoms with van der Waals surface area (Å²) in [5, 5.41) is 0. The van der Waals surface area contributed by atoms with Crippen LogP contribution in [0.4, 0.5) is 8.78 Å². The maximum absolute atomic E-state index is 13.9. The van der Waals surface area contributed by atoms with Gasteiger partial charge in [-0.25, -0.2) is 8.78 Å². The lowest BCUT2D eigenvalue weighted by Crippen LogP contribution is -2.23. The summed E-state index contributed by atoms with van der Waals surface area (Å²) < 4.78 is 27.7. The summed E-state index contributed by atoms with van der Waals surface area (Å²) in [7, 11) is 0. The molecule has 0 aliphatic heterocycles. The lowest BCUT2D eigenvalue weighted by Gasteiger charge is -2.23. The van der Waals surface area contributed by atoms with E-state index in [1.807, 2.05) is 0 Å². The van der Waals surface area contributed by atoms with Crippen LogP contribution in [0.25, 0.3) is 0 Å². The van der Waals surface area contributed by atoms with Gasteiger partial charge in [-0.05, 0) is 17.9 Å². The number of Topliss-reactive ketones (excluding diaryl/α,β-unsaturated/α-hetero) is 1. The second-order valence-electron chi connectivity index (χ2n) is 6.36. The molecular weight excluding hydrogens is 282 g/mol. The van der Waals surface area contributed by atoms with E-state index in [4.69, 9.17) is 0 Å². The first-order valence-electron chi connectivity index (χ1n) is 8.06. The van der Waals surface area contributed by atoms with Gasteiger partial charge in [0.25, 0.3) is 5.92 Å². The normalized spacial score (nSPS) is 16.3. The number of carbonyl (C=O) groups is 1. The Morgan fingerprint density at radius 2 is 2.00 bits per heavy atom. The van der Waals surface area contributed by atoms with Crippen LogP contribution >= 0.6 is 0 Å². The van der Waals surface area contributed by atoms with Crippen LogP contribution in [0.2, 0.25) is 0 Å². The third-order valence-electron chi connectivity index (χ3n) is 4.50. The molecule has 0 heterocycles. The van der Waals surface area contributed by atoms with Gasteiger partial charge in [-0.15, -0.1) is 6.58 Å². The molecule has 1 aromatic carbocycles. The quantitative estimate of drug-likeness (QED) is 0.418. The van der Waals surface area contributed by atoms with Crippen molar-refractivity contribution in [2.75, 3.05) is 0 Å². The van der Waals surface area contributed by atoms with Crippen molar-refractivity contribution in [3.05, 3.63) is 48.0 Å². The standard InChI is InChI=1S/C19H24F2O/c1-3-13-19(20,21)14(2)16-9-11-17(12-10-16)18(22)6-4-5-15-7-8-15/h3,9-12,14-15H,1,4-8,13H2,2H3/t14-/m1/s1. The molecule has 0 unspecified atom stereocenters. The van der Waals surface area contributed by atoms with E-state index in [0.717, 1.165) is 18.8 Å². The van der Waals surface area contributed by atoms with Crippen LogP contribution in [-0.4, -0.2) is 11.7 Å². The minimum absolute atomic E-state index is 0.109. The van der Waals surface area contributed by atoms with Crippen LogP contribution in [0.15, 0.2) is 36.9 Å². The van der Waals surface area contributed by atoms with Crippen molar-refractivity contribution in [2.45, 2.75) is 57.3 Å². The summed E-state index contributed by atoms with van der Waals surface area (Å²) in [5.41, 5.74) is 1.18. The zero-order chi connectivity index (χ0) is 16.2. The number of benzene rings is 1. The molecule has 0 bridgehead atoms. The van der Waals surface area contributed by atoms with Gasteiger partial charge < -0.3 is 0 Å². The molecule has 1 aliphatic carbocycles. The Kier molecular flexibility index (Phi) is 5.49. The Hall–Kier alpha value is -1.51. The van der Waals surface area contributed by atoms with E-state index in [1.165, 1.54) is 25.8 Å². The third kappa shape index (κ3) is 4.49. The third-order valence-corrected chi connectivity index (χ3v) is 4.50. The molecule has 1 fully saturated rings. The largest absolute Gasteiger partial charge is 0.294 e. The fraction of sp³-hybridized carbons (Fsp3) is 0.526. The number of allylic oxidation sites excluding steroid dienone is 1. The molecular formula is C19H24F2O. The molecule has 1 nitrogen and oxygen atoms in total. The SMILES string of the molecule is C=CCC(F)(F)[C@H](C)c1ccc(C(=O)CCCC2CC2)cc1. The number of hydrogen-bond donors (Lipinski definition) is 0. The number of alkyl halides is 2. The van der Waals surface area contributed by atoms with E-state index in [-0.39, 0.29) is 12.2 Å². The van der Waals surface area contributed by atoms with Crippen molar-refractivity contribution in [3.8, 4) is 0 Å². The summed E-state index contributed by atoms with van der Waals surface area (Å²) in [6, 6.07) is 6.65. The summed E-state index contributed by atoms with van der Waals surface area (Å²) in [5.74, 6) is -2.75. The number of halogens is 2. The van der Waals surface area contributed by atoms with Crippen LogP contribution in [0, 0.1) is 5.92 Å². The minimum Gasteiger partial charge on any atom is -0.294 e. The molecule has 0 amide bonds. The number of rotatable bonds is 9. The van der Waals surface area contributed by atoms with Crippen molar-refractivity contribution in [1.82, 2.24) is 0 Å². The van der Waals surface area contributed by atoms with Crippen molar-refractivity contribution < 1.29 is 13.6 Å². The Balaban J connectivity index is 1.93. The first-order chi connectivity index (χ1) is 10.4. The molecule has 3 heteroatoms. The van der Waals surface area contributed by atoms with Gasteiger partial charge in [0.05, 0.1) is 0 Å². The highest BCUT2D eigenvalue weighted by molar-refractivity contribution is 5.96. The van der Waals surface area contributed by atoms with Gasteiger partial charge in [0.15, 0.2) is 5.78 Å². The Labute approximate surface area is 131 Å². The fourth-order valence-corrected chi connectivity index (χ4v) is 2.67. The van der Waals surface area contributed by atoms with Gasteiger partial charge in [0, 0.05) is 24.3 Å². The molecule has 22 heavy (non-hydrogen) atoms. The molecule has 1 aliphatic rings. The van der Waals surface area contributed by atoms with E-state index >= 15 is 0 Å². The maximum atomic E-state index is 13.9. The molecule has 0 saturated heterocycles.